The number of nitrogens with one attached hydrogen (secondary N) is 1. The number of nitrogens with zero attached hydrogens (tertiary/aromatic N) is 1. The second-order valence-corrected chi connectivity index (χ2v) is 5.91. The van der Waals surface area contributed by atoms with Crippen LogP contribution in [0.5, 0.6) is 0 Å². The van der Waals surface area contributed by atoms with Gasteiger partial charge in [0.2, 0.25) is 15.9 Å². The molecule has 1 fully saturated rings. The number of rotatable bonds is 2. The molecule has 1 amide bonds. The van der Waals surface area contributed by atoms with Crippen LogP contribution in [0.15, 0.2) is 17.0 Å². The first-order chi connectivity index (χ1) is 8.82. The van der Waals surface area contributed by atoms with Crippen LogP contribution in [0.2, 0.25) is 0 Å². The lowest BCUT2D eigenvalue weighted by Crippen LogP contribution is -2.50. The molecule has 0 radical (unpaired) electrons. The summed E-state index contributed by atoms with van der Waals surface area (Å²) < 4.78 is 51.9. The zero-order valence-electron chi connectivity index (χ0n) is 9.69. The van der Waals surface area contributed by atoms with Crippen LogP contribution in [0, 0.1) is 11.6 Å². The highest BCUT2D eigenvalue weighted by molar-refractivity contribution is 7.89. The number of piperazine rings is 1. The highest BCUT2D eigenvalue weighted by Crippen LogP contribution is 2.24. The van der Waals surface area contributed by atoms with Gasteiger partial charge in [0.05, 0.1) is 6.54 Å². The Morgan fingerprint density at radius 3 is 2.63 bits per heavy atom. The van der Waals surface area contributed by atoms with Crippen molar-refractivity contribution in [3.05, 3.63) is 23.8 Å². The highest BCUT2D eigenvalue weighted by atomic mass is 32.2. The largest absolute Gasteiger partial charge is 0.399 e. The van der Waals surface area contributed by atoms with E-state index in [1.165, 1.54) is 0 Å². The van der Waals surface area contributed by atoms with E-state index in [9.17, 15) is 22.0 Å². The normalized spacial score (nSPS) is 17.3. The molecule has 104 valence electrons. The standard InChI is InChI=1S/C10H11F2N3O3S/c11-7-3-6(13)4-8(10(7)12)19(17,18)15-2-1-14-9(16)5-15/h3-4H,1-2,5,13H2,(H,14,16). The van der Waals surface area contributed by atoms with Gasteiger partial charge in [0.25, 0.3) is 0 Å². The van der Waals surface area contributed by atoms with E-state index in [4.69, 9.17) is 5.73 Å². The third kappa shape index (κ3) is 2.51. The first kappa shape index (κ1) is 13.7. The maximum atomic E-state index is 13.6. The van der Waals surface area contributed by atoms with Gasteiger partial charge in [-0.3, -0.25) is 4.79 Å². The summed E-state index contributed by atoms with van der Waals surface area (Å²) in [5.41, 5.74) is 5.10. The van der Waals surface area contributed by atoms with Gasteiger partial charge >= 0.3 is 0 Å². The number of sulfonamides is 1. The number of halogens is 2. The minimum absolute atomic E-state index is 0.00999. The number of nitrogen functional groups attached to an aromatic ring is 1. The number of hydrogen-bond acceptors (Lipinski definition) is 4. The van der Waals surface area contributed by atoms with Crippen molar-refractivity contribution in [3.8, 4) is 0 Å². The molecule has 1 aromatic rings. The Kier molecular flexibility index (Phi) is 3.42. The van der Waals surface area contributed by atoms with E-state index in [1.54, 1.807) is 0 Å². The molecule has 2 rings (SSSR count). The molecule has 1 aromatic carbocycles. The van der Waals surface area contributed by atoms with Crippen molar-refractivity contribution in [3.63, 3.8) is 0 Å². The number of nitrogens with two attached hydrogens (primary N) is 1. The Labute approximate surface area is 108 Å². The first-order valence-electron chi connectivity index (χ1n) is 5.34. The molecule has 1 aliphatic heterocycles. The van der Waals surface area contributed by atoms with Crippen LogP contribution in [0.4, 0.5) is 14.5 Å². The fourth-order valence-electron chi connectivity index (χ4n) is 1.73. The van der Waals surface area contributed by atoms with Crippen molar-refractivity contribution in [2.24, 2.45) is 0 Å². The number of hydrogen-bond donors (Lipinski definition) is 2. The van der Waals surface area contributed by atoms with Crippen molar-refractivity contribution in [2.45, 2.75) is 4.90 Å². The Balaban J connectivity index is 2.47. The Morgan fingerprint density at radius 1 is 1.32 bits per heavy atom. The summed E-state index contributed by atoms with van der Waals surface area (Å²) >= 11 is 0. The Bertz CT molecular complexity index is 633. The minimum atomic E-state index is -4.29. The Morgan fingerprint density at radius 2 is 2.00 bits per heavy atom. The lowest BCUT2D eigenvalue weighted by Gasteiger charge is -2.26. The van der Waals surface area contributed by atoms with Gasteiger partial charge in [0.15, 0.2) is 11.6 Å². The number of carbonyl (C=O) groups excluding carboxylic acids is 1. The van der Waals surface area contributed by atoms with E-state index in [-0.39, 0.29) is 18.8 Å². The summed E-state index contributed by atoms with van der Waals surface area (Å²) in [6, 6.07) is 1.53. The molecule has 1 saturated heterocycles. The number of anilines is 1. The second-order valence-electron chi connectivity index (χ2n) is 4.00. The van der Waals surface area contributed by atoms with Crippen molar-refractivity contribution in [2.75, 3.05) is 25.4 Å². The van der Waals surface area contributed by atoms with Crippen molar-refractivity contribution < 1.29 is 22.0 Å². The lowest BCUT2D eigenvalue weighted by atomic mass is 10.3. The molecular weight excluding hydrogens is 280 g/mol. The second kappa shape index (κ2) is 4.74. The maximum Gasteiger partial charge on any atom is 0.246 e. The van der Waals surface area contributed by atoms with Crippen LogP contribution in [0.25, 0.3) is 0 Å². The topological polar surface area (TPSA) is 92.5 Å². The fraction of sp³-hybridized carbons (Fsp3) is 0.300. The molecule has 6 nitrogen and oxygen atoms in total. The maximum absolute atomic E-state index is 13.6. The highest BCUT2D eigenvalue weighted by Gasteiger charge is 2.32. The van der Waals surface area contributed by atoms with Gasteiger partial charge in [-0.1, -0.05) is 0 Å². The summed E-state index contributed by atoms with van der Waals surface area (Å²) in [6.07, 6.45) is 0. The molecule has 0 unspecified atom stereocenters. The van der Waals surface area contributed by atoms with Gasteiger partial charge in [-0.05, 0) is 12.1 Å². The van der Waals surface area contributed by atoms with Gasteiger partial charge in [0, 0.05) is 18.8 Å². The third-order valence-corrected chi connectivity index (χ3v) is 4.48. The van der Waals surface area contributed by atoms with E-state index in [0.29, 0.717) is 6.07 Å². The van der Waals surface area contributed by atoms with E-state index in [1.807, 2.05) is 0 Å². The van der Waals surface area contributed by atoms with Gasteiger partial charge in [0.1, 0.15) is 4.90 Å². The molecule has 1 aliphatic rings. The first-order valence-corrected chi connectivity index (χ1v) is 6.78. The number of carbonyl (C=O) groups is 1. The van der Waals surface area contributed by atoms with Crippen LogP contribution in [0.1, 0.15) is 0 Å². The molecular formula is C10H11F2N3O3S. The Hall–Kier alpha value is -1.74. The molecule has 0 spiro atoms. The molecule has 3 N–H and O–H groups in total. The van der Waals surface area contributed by atoms with Gasteiger partial charge in [-0.2, -0.15) is 4.31 Å². The summed E-state index contributed by atoms with van der Waals surface area (Å²) in [4.78, 5) is 10.3. The van der Waals surface area contributed by atoms with E-state index < -0.39 is 39.0 Å². The molecule has 19 heavy (non-hydrogen) atoms. The fourth-order valence-corrected chi connectivity index (χ4v) is 3.24. The molecule has 1 heterocycles. The molecule has 0 aromatic heterocycles. The molecule has 0 aliphatic carbocycles. The number of benzene rings is 1. The van der Waals surface area contributed by atoms with Gasteiger partial charge in [-0.25, -0.2) is 17.2 Å². The summed E-state index contributed by atoms with van der Waals surface area (Å²) in [6.45, 7) is -0.327. The van der Waals surface area contributed by atoms with Crippen LogP contribution >= 0.6 is 0 Å². The van der Waals surface area contributed by atoms with Crippen LogP contribution in [-0.2, 0) is 14.8 Å². The zero-order valence-corrected chi connectivity index (χ0v) is 10.5. The van der Waals surface area contributed by atoms with Crippen LogP contribution in [-0.4, -0.2) is 38.3 Å². The van der Waals surface area contributed by atoms with Crippen molar-refractivity contribution in [1.29, 1.82) is 0 Å². The quantitative estimate of drug-likeness (QED) is 0.730. The molecule has 0 atom stereocenters. The number of amides is 1. The summed E-state index contributed by atoms with van der Waals surface area (Å²) in [5, 5.41) is 2.44. The predicted molar refractivity (Wildman–Crippen MR) is 62.5 cm³/mol. The monoisotopic (exact) mass is 291 g/mol. The predicted octanol–water partition coefficient (Wildman–Crippen LogP) is -0.332. The van der Waals surface area contributed by atoms with E-state index >= 15 is 0 Å². The van der Waals surface area contributed by atoms with Crippen LogP contribution in [0.3, 0.4) is 0 Å². The average molecular weight is 291 g/mol. The van der Waals surface area contributed by atoms with Gasteiger partial charge < -0.3 is 11.1 Å². The van der Waals surface area contributed by atoms with Gasteiger partial charge in [-0.15, -0.1) is 0 Å². The third-order valence-electron chi connectivity index (χ3n) is 2.64. The summed E-state index contributed by atoms with van der Waals surface area (Å²) in [7, 11) is -4.29. The lowest BCUT2D eigenvalue weighted by molar-refractivity contribution is -0.122. The van der Waals surface area contributed by atoms with Crippen molar-refractivity contribution in [1.82, 2.24) is 9.62 Å². The van der Waals surface area contributed by atoms with E-state index in [2.05, 4.69) is 5.32 Å². The summed E-state index contributed by atoms with van der Waals surface area (Å²) in [5.74, 6) is -3.35. The van der Waals surface area contributed by atoms with Crippen LogP contribution < -0.4 is 11.1 Å². The smallest absolute Gasteiger partial charge is 0.246 e. The molecule has 9 heteroatoms. The minimum Gasteiger partial charge on any atom is -0.399 e. The molecule has 0 saturated carbocycles. The molecule has 0 bridgehead atoms. The SMILES string of the molecule is Nc1cc(F)c(F)c(S(=O)(=O)N2CCNC(=O)C2)c1. The van der Waals surface area contributed by atoms with E-state index in [0.717, 1.165) is 10.4 Å². The zero-order chi connectivity index (χ0) is 14.2. The van der Waals surface area contributed by atoms with Crippen molar-refractivity contribution >= 4 is 21.6 Å². The average Bonchev–Trinajstić information content (AvgIpc) is 2.33.